The molecule has 0 spiro atoms. The van der Waals surface area contributed by atoms with Gasteiger partial charge in [0, 0.05) is 6.04 Å². The van der Waals surface area contributed by atoms with Gasteiger partial charge < -0.3 is 15.6 Å². The van der Waals surface area contributed by atoms with Crippen LogP contribution in [0.15, 0.2) is 18.2 Å². The van der Waals surface area contributed by atoms with Gasteiger partial charge >= 0.3 is 5.97 Å². The number of carboxylic acids is 1. The van der Waals surface area contributed by atoms with Crippen LogP contribution in [0.5, 0.6) is 5.75 Å². The van der Waals surface area contributed by atoms with Crippen molar-refractivity contribution in [1.82, 2.24) is 0 Å². The molecule has 0 aromatic heterocycles. The zero-order valence-corrected chi connectivity index (χ0v) is 9.83. The quantitative estimate of drug-likeness (QED) is 0.854. The highest BCUT2D eigenvalue weighted by atomic mass is 35.5. The molecular formula is C10H11Cl2NO3. The molecule has 1 aromatic carbocycles. The Morgan fingerprint density at radius 3 is 2.81 bits per heavy atom. The third-order valence-electron chi connectivity index (χ3n) is 1.81. The number of carbonyl (C=O) groups is 1. The van der Waals surface area contributed by atoms with Crippen molar-refractivity contribution < 1.29 is 14.6 Å². The van der Waals surface area contributed by atoms with Crippen LogP contribution in [-0.2, 0) is 4.79 Å². The molecule has 88 valence electrons. The molecule has 1 rings (SSSR count). The molecule has 0 heterocycles. The van der Waals surface area contributed by atoms with Crippen LogP contribution >= 0.6 is 23.2 Å². The largest absolute Gasteiger partial charge is 0.490 e. The lowest BCUT2D eigenvalue weighted by atomic mass is 10.2. The summed E-state index contributed by atoms with van der Waals surface area (Å²) in [6, 6.07) is 4.38. The van der Waals surface area contributed by atoms with Crippen LogP contribution in [0.25, 0.3) is 0 Å². The SMILES string of the molecule is NC(COc1cccc(Cl)c1Cl)CC(=O)O. The van der Waals surface area contributed by atoms with Gasteiger partial charge in [-0.1, -0.05) is 29.3 Å². The van der Waals surface area contributed by atoms with E-state index in [1.807, 2.05) is 0 Å². The molecule has 0 aliphatic carbocycles. The Labute approximate surface area is 103 Å². The van der Waals surface area contributed by atoms with E-state index in [0.29, 0.717) is 15.8 Å². The molecule has 0 bridgehead atoms. The molecule has 0 aliphatic rings. The molecule has 0 aliphatic heterocycles. The minimum absolute atomic E-state index is 0.0758. The van der Waals surface area contributed by atoms with Gasteiger partial charge in [-0.3, -0.25) is 4.79 Å². The average Bonchev–Trinajstić information content (AvgIpc) is 2.19. The lowest BCUT2D eigenvalue weighted by molar-refractivity contribution is -0.137. The Hall–Kier alpha value is -0.970. The summed E-state index contributed by atoms with van der Waals surface area (Å²) in [6.07, 6.45) is -0.155. The first-order chi connectivity index (χ1) is 7.50. The van der Waals surface area contributed by atoms with Crippen LogP contribution in [0.4, 0.5) is 0 Å². The Morgan fingerprint density at radius 2 is 2.19 bits per heavy atom. The summed E-state index contributed by atoms with van der Waals surface area (Å²) in [7, 11) is 0. The van der Waals surface area contributed by atoms with Crippen LogP contribution in [0.3, 0.4) is 0 Å². The first kappa shape index (κ1) is 13.1. The fourth-order valence-corrected chi connectivity index (χ4v) is 1.42. The van der Waals surface area contributed by atoms with Gasteiger partial charge in [-0.05, 0) is 12.1 Å². The number of ether oxygens (including phenoxy) is 1. The lowest BCUT2D eigenvalue weighted by Crippen LogP contribution is -2.30. The maximum Gasteiger partial charge on any atom is 0.305 e. The highest BCUT2D eigenvalue weighted by Crippen LogP contribution is 2.31. The van der Waals surface area contributed by atoms with E-state index in [9.17, 15) is 4.79 Å². The lowest BCUT2D eigenvalue weighted by Gasteiger charge is -2.12. The Kier molecular flexibility index (Phi) is 4.86. The van der Waals surface area contributed by atoms with E-state index in [1.165, 1.54) is 0 Å². The van der Waals surface area contributed by atoms with Crippen LogP contribution < -0.4 is 10.5 Å². The van der Waals surface area contributed by atoms with Gasteiger partial charge in [0.1, 0.15) is 17.4 Å². The zero-order valence-electron chi connectivity index (χ0n) is 8.32. The van der Waals surface area contributed by atoms with E-state index < -0.39 is 12.0 Å². The van der Waals surface area contributed by atoms with Crippen LogP contribution in [-0.4, -0.2) is 23.7 Å². The predicted molar refractivity (Wildman–Crippen MR) is 62.2 cm³/mol. The second-order valence-electron chi connectivity index (χ2n) is 3.22. The molecule has 0 fully saturated rings. The van der Waals surface area contributed by atoms with Crippen molar-refractivity contribution >= 4 is 29.2 Å². The first-order valence-electron chi connectivity index (χ1n) is 4.55. The maximum atomic E-state index is 10.4. The monoisotopic (exact) mass is 263 g/mol. The summed E-state index contributed by atoms with van der Waals surface area (Å²) < 4.78 is 5.28. The number of carboxylic acid groups (broad SMARTS) is 1. The second-order valence-corrected chi connectivity index (χ2v) is 4.01. The minimum Gasteiger partial charge on any atom is -0.490 e. The number of aliphatic carboxylic acids is 1. The highest BCUT2D eigenvalue weighted by molar-refractivity contribution is 6.42. The molecular weight excluding hydrogens is 253 g/mol. The van der Waals surface area contributed by atoms with E-state index in [0.717, 1.165) is 0 Å². The Bertz CT molecular complexity index is 384. The van der Waals surface area contributed by atoms with Crippen LogP contribution in [0.1, 0.15) is 6.42 Å². The number of rotatable bonds is 5. The number of benzene rings is 1. The first-order valence-corrected chi connectivity index (χ1v) is 5.30. The third kappa shape index (κ3) is 3.89. The Balaban J connectivity index is 2.54. The molecule has 4 nitrogen and oxygen atoms in total. The smallest absolute Gasteiger partial charge is 0.305 e. The summed E-state index contributed by atoms with van der Waals surface area (Å²) >= 11 is 11.6. The zero-order chi connectivity index (χ0) is 12.1. The van der Waals surface area contributed by atoms with E-state index in [2.05, 4.69) is 0 Å². The van der Waals surface area contributed by atoms with Crippen molar-refractivity contribution in [2.75, 3.05) is 6.61 Å². The van der Waals surface area contributed by atoms with Crippen LogP contribution in [0.2, 0.25) is 10.0 Å². The van der Waals surface area contributed by atoms with Crippen molar-refractivity contribution in [1.29, 1.82) is 0 Å². The van der Waals surface area contributed by atoms with E-state index in [-0.39, 0.29) is 13.0 Å². The molecule has 1 unspecified atom stereocenters. The molecule has 1 atom stereocenters. The van der Waals surface area contributed by atoms with Gasteiger partial charge in [0.2, 0.25) is 0 Å². The summed E-state index contributed by atoms with van der Waals surface area (Å²) in [5, 5.41) is 9.18. The molecule has 0 saturated heterocycles. The second kappa shape index (κ2) is 5.94. The molecule has 0 radical (unpaired) electrons. The molecule has 16 heavy (non-hydrogen) atoms. The summed E-state index contributed by atoms with van der Waals surface area (Å²) in [6.45, 7) is 0.0758. The van der Waals surface area contributed by atoms with Crippen molar-refractivity contribution in [3.05, 3.63) is 28.2 Å². The average molecular weight is 264 g/mol. The number of halogens is 2. The minimum atomic E-state index is -0.965. The van der Waals surface area contributed by atoms with Crippen molar-refractivity contribution in [3.63, 3.8) is 0 Å². The molecule has 1 aromatic rings. The van der Waals surface area contributed by atoms with Gasteiger partial charge in [-0.15, -0.1) is 0 Å². The fraction of sp³-hybridized carbons (Fsp3) is 0.300. The van der Waals surface area contributed by atoms with Gasteiger partial charge in [-0.25, -0.2) is 0 Å². The summed E-state index contributed by atoms with van der Waals surface area (Å²) in [4.78, 5) is 10.4. The number of hydrogen-bond donors (Lipinski definition) is 2. The topological polar surface area (TPSA) is 72.5 Å². The maximum absolute atomic E-state index is 10.4. The van der Waals surface area contributed by atoms with E-state index in [4.69, 9.17) is 38.8 Å². The highest BCUT2D eigenvalue weighted by Gasteiger charge is 2.11. The van der Waals surface area contributed by atoms with Crippen molar-refractivity contribution in [3.8, 4) is 5.75 Å². The molecule has 0 amide bonds. The van der Waals surface area contributed by atoms with Gasteiger partial charge in [0.05, 0.1) is 11.4 Å². The van der Waals surface area contributed by atoms with Gasteiger partial charge in [0.25, 0.3) is 0 Å². The van der Waals surface area contributed by atoms with E-state index in [1.54, 1.807) is 18.2 Å². The van der Waals surface area contributed by atoms with Crippen LogP contribution in [0, 0.1) is 0 Å². The van der Waals surface area contributed by atoms with Gasteiger partial charge in [-0.2, -0.15) is 0 Å². The standard InChI is InChI=1S/C10H11Cl2NO3/c11-7-2-1-3-8(10(7)12)16-5-6(13)4-9(14)15/h1-3,6H,4-5,13H2,(H,14,15). The Morgan fingerprint density at radius 1 is 1.50 bits per heavy atom. The molecule has 0 saturated carbocycles. The normalized spacial score (nSPS) is 12.2. The predicted octanol–water partition coefficient (Wildman–Crippen LogP) is 2.17. The molecule has 6 heteroatoms. The van der Waals surface area contributed by atoms with Crippen molar-refractivity contribution in [2.45, 2.75) is 12.5 Å². The number of nitrogens with two attached hydrogens (primary N) is 1. The fourth-order valence-electron chi connectivity index (χ4n) is 1.08. The van der Waals surface area contributed by atoms with Crippen molar-refractivity contribution in [2.24, 2.45) is 5.73 Å². The van der Waals surface area contributed by atoms with Gasteiger partial charge in [0.15, 0.2) is 0 Å². The third-order valence-corrected chi connectivity index (χ3v) is 2.61. The molecule has 3 N–H and O–H groups in total. The summed E-state index contributed by atoms with van der Waals surface area (Å²) in [5.74, 6) is -0.566. The number of hydrogen-bond acceptors (Lipinski definition) is 3. The van der Waals surface area contributed by atoms with E-state index >= 15 is 0 Å². The summed E-state index contributed by atoms with van der Waals surface area (Å²) in [5.41, 5.74) is 5.53.